The number of hydrogen-bond donors (Lipinski definition) is 0. The van der Waals surface area contributed by atoms with Gasteiger partial charge in [0, 0.05) is 30.4 Å². The highest BCUT2D eigenvalue weighted by Gasteiger charge is 2.26. The molecule has 1 aliphatic heterocycles. The van der Waals surface area contributed by atoms with E-state index < -0.39 is 0 Å². The monoisotopic (exact) mass is 357 g/mol. The van der Waals surface area contributed by atoms with E-state index in [1.54, 1.807) is 18.6 Å². The number of rotatable bonds is 2. The summed E-state index contributed by atoms with van der Waals surface area (Å²) in [7, 11) is 0. The molecule has 3 aromatic rings. The first-order chi connectivity index (χ1) is 11.7. The fourth-order valence-electron chi connectivity index (χ4n) is 3.14. The van der Waals surface area contributed by atoms with Gasteiger partial charge in [0.2, 0.25) is 0 Å². The second kappa shape index (κ2) is 5.97. The Hall–Kier alpha value is -2.29. The van der Waals surface area contributed by atoms with Gasteiger partial charge in [0.05, 0.1) is 33.6 Å². The molecule has 4 rings (SSSR count). The van der Waals surface area contributed by atoms with Crippen molar-refractivity contribution in [2.24, 2.45) is 0 Å². The van der Waals surface area contributed by atoms with E-state index in [9.17, 15) is 5.26 Å². The molecule has 1 aliphatic rings. The third-order valence-corrected chi connectivity index (χ3v) is 5.11. The van der Waals surface area contributed by atoms with Crippen molar-refractivity contribution < 1.29 is 0 Å². The summed E-state index contributed by atoms with van der Waals surface area (Å²) in [5.74, 6) is 0.736. The summed E-state index contributed by atoms with van der Waals surface area (Å²) < 4.78 is 1.91. The van der Waals surface area contributed by atoms with E-state index in [-0.39, 0.29) is 6.04 Å². The molecule has 7 heteroatoms. The van der Waals surface area contributed by atoms with Crippen LogP contribution in [0.3, 0.4) is 0 Å². The number of nitrogens with zero attached hydrogens (tertiary/aromatic N) is 5. The number of aromatic nitrogens is 3. The summed E-state index contributed by atoms with van der Waals surface area (Å²) in [4.78, 5) is 10.9. The summed E-state index contributed by atoms with van der Waals surface area (Å²) >= 11 is 12.6. The summed E-state index contributed by atoms with van der Waals surface area (Å²) in [5, 5.41) is 11.2. The number of hydrogen-bond acceptors (Lipinski definition) is 4. The van der Waals surface area contributed by atoms with Crippen LogP contribution in [0.5, 0.6) is 0 Å². The molecular weight excluding hydrogens is 345 g/mol. The minimum atomic E-state index is -0.163. The fourth-order valence-corrected chi connectivity index (χ4v) is 3.50. The Kier molecular flexibility index (Phi) is 3.79. The van der Waals surface area contributed by atoms with Gasteiger partial charge in [-0.15, -0.1) is 0 Å². The maximum atomic E-state index is 9.38. The third kappa shape index (κ3) is 2.39. The first-order valence-corrected chi connectivity index (χ1v) is 8.38. The van der Waals surface area contributed by atoms with Crippen LogP contribution in [-0.4, -0.2) is 27.1 Å². The number of pyridine rings is 1. The summed E-state index contributed by atoms with van der Waals surface area (Å²) in [6, 6.07) is 7.83. The van der Waals surface area contributed by atoms with Crippen LogP contribution in [0.25, 0.3) is 16.6 Å². The highest BCUT2D eigenvalue weighted by molar-refractivity contribution is 6.45. The summed E-state index contributed by atoms with van der Waals surface area (Å²) in [6.07, 6.45) is 7.14. The van der Waals surface area contributed by atoms with Crippen molar-refractivity contribution in [3.05, 3.63) is 47.0 Å². The van der Waals surface area contributed by atoms with Crippen molar-refractivity contribution >= 4 is 39.9 Å². The second-order valence-electron chi connectivity index (χ2n) is 5.71. The van der Waals surface area contributed by atoms with Gasteiger partial charge >= 0.3 is 0 Å². The van der Waals surface area contributed by atoms with Gasteiger partial charge in [0.15, 0.2) is 0 Å². The largest absolute Gasteiger partial charge is 0.340 e. The Bertz CT molecular complexity index is 946. The van der Waals surface area contributed by atoms with Gasteiger partial charge in [-0.1, -0.05) is 23.2 Å². The van der Waals surface area contributed by atoms with Gasteiger partial charge in [-0.2, -0.15) is 5.26 Å². The van der Waals surface area contributed by atoms with Crippen LogP contribution in [-0.2, 0) is 0 Å². The lowest BCUT2D eigenvalue weighted by atomic mass is 10.1. The van der Waals surface area contributed by atoms with Crippen LogP contribution in [0.2, 0.25) is 10.0 Å². The lowest BCUT2D eigenvalue weighted by Gasteiger charge is -2.22. The molecule has 0 amide bonds. The van der Waals surface area contributed by atoms with Crippen LogP contribution in [0.4, 0.5) is 5.82 Å². The third-order valence-electron chi connectivity index (χ3n) is 4.32. The van der Waals surface area contributed by atoms with Crippen molar-refractivity contribution in [2.75, 3.05) is 11.4 Å². The fraction of sp³-hybridized carbons (Fsp3) is 0.235. The molecule has 0 saturated carbocycles. The van der Waals surface area contributed by atoms with Crippen molar-refractivity contribution in [1.82, 2.24) is 14.5 Å². The smallest absolute Gasteiger partial charge is 0.132 e. The zero-order valence-corrected chi connectivity index (χ0v) is 14.2. The Labute approximate surface area is 149 Å². The van der Waals surface area contributed by atoms with E-state index >= 15 is 0 Å². The van der Waals surface area contributed by atoms with Crippen molar-refractivity contribution in [3.8, 4) is 11.8 Å². The molecule has 0 aliphatic carbocycles. The quantitative estimate of drug-likeness (QED) is 0.688. The van der Waals surface area contributed by atoms with Gasteiger partial charge in [-0.25, -0.2) is 9.97 Å². The Morgan fingerprint density at radius 2 is 2.17 bits per heavy atom. The van der Waals surface area contributed by atoms with E-state index in [1.807, 2.05) is 27.8 Å². The van der Waals surface area contributed by atoms with Gasteiger partial charge in [-0.05, 0) is 25.0 Å². The predicted molar refractivity (Wildman–Crippen MR) is 94.9 cm³/mol. The van der Waals surface area contributed by atoms with Crippen LogP contribution in [0.1, 0.15) is 12.8 Å². The minimum absolute atomic E-state index is 0.163. The highest BCUT2D eigenvalue weighted by atomic mass is 35.5. The van der Waals surface area contributed by atoms with E-state index in [0.29, 0.717) is 15.6 Å². The molecule has 0 N–H and O–H groups in total. The van der Waals surface area contributed by atoms with Gasteiger partial charge < -0.3 is 9.47 Å². The maximum absolute atomic E-state index is 9.38. The molecule has 24 heavy (non-hydrogen) atoms. The first-order valence-electron chi connectivity index (χ1n) is 7.62. The Morgan fingerprint density at radius 3 is 2.92 bits per heavy atom. The van der Waals surface area contributed by atoms with Crippen LogP contribution >= 0.6 is 23.2 Å². The molecule has 5 nitrogen and oxygen atoms in total. The predicted octanol–water partition coefficient (Wildman–Crippen LogP) is 4.22. The molecule has 0 unspecified atom stereocenters. The zero-order chi connectivity index (χ0) is 16.7. The average molecular weight is 358 g/mol. The number of benzene rings is 1. The lowest BCUT2D eigenvalue weighted by Crippen LogP contribution is -2.28. The molecule has 1 atom stereocenters. The number of halogens is 2. The summed E-state index contributed by atoms with van der Waals surface area (Å²) in [5.41, 5.74) is 1.55. The molecular formula is C17H13Cl2N5. The average Bonchev–Trinajstić information content (AvgIpc) is 3.28. The normalized spacial score (nSPS) is 17.4. The molecule has 1 saturated heterocycles. The molecule has 0 spiro atoms. The van der Waals surface area contributed by atoms with Crippen LogP contribution < -0.4 is 4.90 Å². The molecule has 0 radical (unpaired) electrons. The number of imidazole rings is 1. The van der Waals surface area contributed by atoms with E-state index in [0.717, 1.165) is 36.3 Å². The number of nitriles is 1. The molecule has 1 fully saturated rings. The SMILES string of the molecule is N#C[C@@H]1CCCN1c1cc(-n2ccnc2)c2ccc(Cl)c(Cl)c2n1. The molecule has 3 heterocycles. The summed E-state index contributed by atoms with van der Waals surface area (Å²) in [6.45, 7) is 0.804. The van der Waals surface area contributed by atoms with Gasteiger partial charge in [-0.3, -0.25) is 0 Å². The second-order valence-corrected chi connectivity index (χ2v) is 6.49. The standard InChI is InChI=1S/C17H13Cl2N5/c18-13-4-3-12-14(23-7-5-21-10-23)8-15(22-17(12)16(13)19)24-6-1-2-11(24)9-20/h3-5,7-8,10-11H,1-2,6H2/t11-/m0/s1. The van der Waals surface area contributed by atoms with E-state index in [1.165, 1.54) is 0 Å². The van der Waals surface area contributed by atoms with Crippen LogP contribution in [0.15, 0.2) is 36.9 Å². The Morgan fingerprint density at radius 1 is 1.29 bits per heavy atom. The van der Waals surface area contributed by atoms with Gasteiger partial charge in [0.25, 0.3) is 0 Å². The van der Waals surface area contributed by atoms with Crippen molar-refractivity contribution in [2.45, 2.75) is 18.9 Å². The number of fused-ring (bicyclic) bond motifs is 1. The lowest BCUT2D eigenvalue weighted by molar-refractivity contribution is 0.808. The van der Waals surface area contributed by atoms with E-state index in [2.05, 4.69) is 11.1 Å². The minimum Gasteiger partial charge on any atom is -0.340 e. The first kappa shape index (κ1) is 15.3. The van der Waals surface area contributed by atoms with E-state index in [4.69, 9.17) is 28.2 Å². The van der Waals surface area contributed by atoms with Crippen LogP contribution in [0, 0.1) is 11.3 Å². The molecule has 2 aromatic heterocycles. The maximum Gasteiger partial charge on any atom is 0.132 e. The Balaban J connectivity index is 1.99. The highest BCUT2D eigenvalue weighted by Crippen LogP contribution is 2.36. The molecule has 1 aromatic carbocycles. The van der Waals surface area contributed by atoms with Crippen molar-refractivity contribution in [1.29, 1.82) is 5.26 Å². The van der Waals surface area contributed by atoms with Gasteiger partial charge in [0.1, 0.15) is 11.9 Å². The molecule has 0 bridgehead atoms. The topological polar surface area (TPSA) is 57.7 Å². The molecule has 120 valence electrons. The number of anilines is 1. The van der Waals surface area contributed by atoms with Crippen molar-refractivity contribution in [3.63, 3.8) is 0 Å². The zero-order valence-electron chi connectivity index (χ0n) is 12.7.